The predicted octanol–water partition coefficient (Wildman–Crippen LogP) is 4.84. The van der Waals surface area contributed by atoms with Gasteiger partial charge in [0.25, 0.3) is 0 Å². The van der Waals surface area contributed by atoms with Crippen LogP contribution in [0.3, 0.4) is 0 Å². The molecule has 0 aliphatic carbocycles. The number of carbonyl (C=O) groups is 1. The second-order valence-electron chi connectivity index (χ2n) is 10.9. The molecule has 0 unspecified atom stereocenters. The average molecular weight is 536 g/mol. The van der Waals surface area contributed by atoms with Gasteiger partial charge < -0.3 is 24.8 Å². The number of amides is 1. The molecule has 1 aliphatic heterocycles. The molecular formula is C26H32F3N5O4. The molecule has 2 atom stereocenters. The molecule has 0 saturated carbocycles. The number of carbonyl (C=O) groups excluding carboxylic acids is 1. The number of alkyl halides is 3. The first-order valence-corrected chi connectivity index (χ1v) is 12.1. The van der Waals surface area contributed by atoms with Crippen LogP contribution in [0.25, 0.3) is 17.0 Å². The first-order chi connectivity index (χ1) is 17.6. The van der Waals surface area contributed by atoms with Crippen molar-refractivity contribution >= 4 is 17.6 Å². The van der Waals surface area contributed by atoms with Crippen LogP contribution in [-0.2, 0) is 10.3 Å². The summed E-state index contributed by atoms with van der Waals surface area (Å²) in [7, 11) is 1.50. The molecule has 9 nitrogen and oxygen atoms in total. The molecule has 1 fully saturated rings. The summed E-state index contributed by atoms with van der Waals surface area (Å²) >= 11 is 0. The summed E-state index contributed by atoms with van der Waals surface area (Å²) in [6.45, 7) is 7.56. The van der Waals surface area contributed by atoms with Gasteiger partial charge in [-0.1, -0.05) is 6.07 Å². The second kappa shape index (κ2) is 9.64. The minimum absolute atomic E-state index is 0.185. The van der Waals surface area contributed by atoms with E-state index >= 15 is 0 Å². The van der Waals surface area contributed by atoms with Gasteiger partial charge in [-0.2, -0.15) is 13.2 Å². The zero-order valence-corrected chi connectivity index (χ0v) is 22.1. The number of halogens is 3. The first kappa shape index (κ1) is 27.5. The number of rotatable bonds is 5. The molecule has 0 bridgehead atoms. The Balaban J connectivity index is 1.63. The van der Waals surface area contributed by atoms with E-state index in [1.807, 2.05) is 0 Å². The quantitative estimate of drug-likeness (QED) is 0.482. The highest BCUT2D eigenvalue weighted by molar-refractivity contribution is 5.69. The maximum atomic E-state index is 13.9. The molecule has 3 aromatic rings. The van der Waals surface area contributed by atoms with Gasteiger partial charge in [-0.05, 0) is 46.8 Å². The zero-order valence-electron chi connectivity index (χ0n) is 22.1. The maximum Gasteiger partial charge on any atom is 0.410 e. The number of hydrogen-bond acceptors (Lipinski definition) is 7. The van der Waals surface area contributed by atoms with E-state index < -0.39 is 42.0 Å². The van der Waals surface area contributed by atoms with Crippen LogP contribution in [0, 0.1) is 5.92 Å². The van der Waals surface area contributed by atoms with E-state index in [4.69, 9.17) is 9.47 Å². The normalized spacial score (nSPS) is 18.6. The number of anilines is 1. The standard InChI is InChI=1S/C26H32F3N5O4/c1-24(2,3)38-23(35)33-12-15(26(27,28)29)18(14-33)32-21-9-7-8-17(31-21)19-11-30-22-10-20(37-6)16(13-34(19)22)25(4,5)36/h7-11,13,15,18,36H,12,14H2,1-6H3,(H,31,32)/t15-,18-/m0/s1. The van der Waals surface area contributed by atoms with E-state index in [1.54, 1.807) is 75.7 Å². The van der Waals surface area contributed by atoms with Crippen molar-refractivity contribution in [1.82, 2.24) is 19.3 Å². The Hall–Kier alpha value is -3.54. The molecule has 4 heterocycles. The van der Waals surface area contributed by atoms with Gasteiger partial charge in [0.2, 0.25) is 0 Å². The van der Waals surface area contributed by atoms with E-state index in [-0.39, 0.29) is 12.4 Å². The van der Waals surface area contributed by atoms with Crippen molar-refractivity contribution < 1.29 is 32.5 Å². The molecule has 206 valence electrons. The third-order valence-electron chi connectivity index (χ3n) is 6.23. The molecule has 3 aromatic heterocycles. The fourth-order valence-electron chi connectivity index (χ4n) is 4.43. The van der Waals surface area contributed by atoms with Crippen molar-refractivity contribution in [3.05, 3.63) is 42.2 Å². The molecule has 1 saturated heterocycles. The predicted molar refractivity (Wildman–Crippen MR) is 135 cm³/mol. The van der Waals surface area contributed by atoms with Crippen LogP contribution in [0.4, 0.5) is 23.8 Å². The minimum Gasteiger partial charge on any atom is -0.496 e. The number of aliphatic hydroxyl groups is 1. The number of methoxy groups -OCH3 is 1. The highest BCUT2D eigenvalue weighted by atomic mass is 19.4. The SMILES string of the molecule is COc1cc2ncc(-c3cccc(N[C@H]4CN(C(=O)OC(C)(C)C)C[C@@H]4C(F)(F)F)n3)n2cc1C(C)(C)O. The van der Waals surface area contributed by atoms with Crippen molar-refractivity contribution in [2.45, 2.75) is 58.0 Å². The number of nitrogens with zero attached hydrogens (tertiary/aromatic N) is 4. The summed E-state index contributed by atoms with van der Waals surface area (Å²) in [5.41, 5.74) is 0.0848. The van der Waals surface area contributed by atoms with E-state index in [0.29, 0.717) is 28.3 Å². The summed E-state index contributed by atoms with van der Waals surface area (Å²) < 4.78 is 54.1. The van der Waals surface area contributed by atoms with E-state index in [9.17, 15) is 23.1 Å². The number of pyridine rings is 2. The maximum absolute atomic E-state index is 13.9. The Morgan fingerprint density at radius 3 is 2.47 bits per heavy atom. The van der Waals surface area contributed by atoms with Crippen molar-refractivity contribution in [3.63, 3.8) is 0 Å². The van der Waals surface area contributed by atoms with Gasteiger partial charge in [0.05, 0.1) is 42.3 Å². The Morgan fingerprint density at radius 2 is 1.87 bits per heavy atom. The number of fused-ring (bicyclic) bond motifs is 1. The molecule has 38 heavy (non-hydrogen) atoms. The molecule has 0 aromatic carbocycles. The summed E-state index contributed by atoms with van der Waals surface area (Å²) in [5.74, 6) is -1.10. The molecule has 1 amide bonds. The van der Waals surface area contributed by atoms with Crippen molar-refractivity contribution in [2.24, 2.45) is 5.92 Å². The van der Waals surface area contributed by atoms with Gasteiger partial charge in [0, 0.05) is 30.9 Å². The fraction of sp³-hybridized carbons (Fsp3) is 0.500. The smallest absolute Gasteiger partial charge is 0.410 e. The summed E-state index contributed by atoms with van der Waals surface area (Å²) in [6.07, 6.45) is -2.03. The number of likely N-dealkylation sites (tertiary alicyclic amines) is 1. The van der Waals surface area contributed by atoms with Gasteiger partial charge in [-0.3, -0.25) is 4.40 Å². The average Bonchev–Trinajstić information content (AvgIpc) is 3.40. The van der Waals surface area contributed by atoms with Gasteiger partial charge in [-0.25, -0.2) is 14.8 Å². The lowest BCUT2D eigenvalue weighted by molar-refractivity contribution is -0.171. The number of ether oxygens (including phenoxy) is 2. The topological polar surface area (TPSA) is 101 Å². The van der Waals surface area contributed by atoms with Gasteiger partial charge in [0.15, 0.2) is 0 Å². The molecule has 4 rings (SSSR count). The highest BCUT2D eigenvalue weighted by Gasteiger charge is 2.51. The van der Waals surface area contributed by atoms with E-state index in [1.165, 1.54) is 7.11 Å². The van der Waals surface area contributed by atoms with Gasteiger partial charge in [0.1, 0.15) is 22.8 Å². The molecule has 2 N–H and O–H groups in total. The number of imidazole rings is 1. The Bertz CT molecular complexity index is 1330. The van der Waals surface area contributed by atoms with Gasteiger partial charge >= 0.3 is 12.3 Å². The van der Waals surface area contributed by atoms with Crippen LogP contribution in [0.1, 0.15) is 40.2 Å². The van der Waals surface area contributed by atoms with Crippen LogP contribution < -0.4 is 10.1 Å². The van der Waals surface area contributed by atoms with Crippen LogP contribution in [-0.4, -0.2) is 68.5 Å². The monoisotopic (exact) mass is 535 g/mol. The largest absolute Gasteiger partial charge is 0.496 e. The number of nitrogens with one attached hydrogen (secondary N) is 1. The fourth-order valence-corrected chi connectivity index (χ4v) is 4.43. The van der Waals surface area contributed by atoms with Crippen LogP contribution in [0.5, 0.6) is 5.75 Å². The number of aromatic nitrogens is 3. The molecule has 0 radical (unpaired) electrons. The van der Waals surface area contributed by atoms with E-state index in [2.05, 4.69) is 15.3 Å². The summed E-state index contributed by atoms with van der Waals surface area (Å²) in [4.78, 5) is 22.5. The third-order valence-corrected chi connectivity index (χ3v) is 6.23. The Labute approximate surface area is 218 Å². The Kier molecular flexibility index (Phi) is 6.98. The van der Waals surface area contributed by atoms with Gasteiger partial charge in [-0.15, -0.1) is 0 Å². The van der Waals surface area contributed by atoms with Crippen molar-refractivity contribution in [3.8, 4) is 17.1 Å². The Morgan fingerprint density at radius 1 is 1.16 bits per heavy atom. The second-order valence-corrected chi connectivity index (χ2v) is 10.9. The van der Waals surface area contributed by atoms with Crippen LogP contribution >= 0.6 is 0 Å². The van der Waals surface area contributed by atoms with Crippen LogP contribution in [0.15, 0.2) is 36.7 Å². The summed E-state index contributed by atoms with van der Waals surface area (Å²) in [6, 6.07) is 5.54. The van der Waals surface area contributed by atoms with E-state index in [0.717, 1.165) is 4.90 Å². The zero-order chi connectivity index (χ0) is 28.0. The highest BCUT2D eigenvalue weighted by Crippen LogP contribution is 2.36. The lowest BCUT2D eigenvalue weighted by atomic mass is 9.99. The third kappa shape index (κ3) is 5.79. The minimum atomic E-state index is -4.53. The van der Waals surface area contributed by atoms with Crippen molar-refractivity contribution in [1.29, 1.82) is 0 Å². The molecule has 12 heteroatoms. The molecule has 1 aliphatic rings. The van der Waals surface area contributed by atoms with Crippen molar-refractivity contribution in [2.75, 3.05) is 25.5 Å². The summed E-state index contributed by atoms with van der Waals surface area (Å²) in [5, 5.41) is 13.5. The first-order valence-electron chi connectivity index (χ1n) is 12.1. The number of hydrogen-bond donors (Lipinski definition) is 2. The lowest BCUT2D eigenvalue weighted by Gasteiger charge is -2.24. The lowest BCUT2D eigenvalue weighted by Crippen LogP contribution is -2.38. The molecule has 0 spiro atoms. The van der Waals surface area contributed by atoms with Crippen LogP contribution in [0.2, 0.25) is 0 Å². The molecular weight excluding hydrogens is 503 g/mol.